The SMILES string of the molecule is C=C(N)CN1CCN(CC(N)=O)CCN(CC(N)=O)CCN(CC(N)=O)CC1. The van der Waals surface area contributed by atoms with Gasteiger partial charge in [0.25, 0.3) is 0 Å². The van der Waals surface area contributed by atoms with Crippen LogP contribution < -0.4 is 22.9 Å². The minimum absolute atomic E-state index is 0.105. The van der Waals surface area contributed by atoms with E-state index in [4.69, 9.17) is 22.9 Å². The molecular formula is C17H34N8O3. The molecular weight excluding hydrogens is 364 g/mol. The topological polar surface area (TPSA) is 168 Å². The number of hydrogen-bond donors (Lipinski definition) is 4. The minimum atomic E-state index is -0.428. The Morgan fingerprint density at radius 3 is 0.929 bits per heavy atom. The fraction of sp³-hybridized carbons (Fsp3) is 0.706. The maximum Gasteiger partial charge on any atom is 0.231 e. The van der Waals surface area contributed by atoms with Gasteiger partial charge < -0.3 is 22.9 Å². The Morgan fingerprint density at radius 1 is 0.536 bits per heavy atom. The molecule has 0 bridgehead atoms. The molecule has 0 unspecified atom stereocenters. The molecule has 0 radical (unpaired) electrons. The van der Waals surface area contributed by atoms with Crippen molar-refractivity contribution >= 4 is 17.7 Å². The smallest absolute Gasteiger partial charge is 0.231 e. The minimum Gasteiger partial charge on any atom is -0.401 e. The largest absolute Gasteiger partial charge is 0.401 e. The Kier molecular flexibility index (Phi) is 10.5. The number of nitrogens with two attached hydrogens (primary N) is 4. The van der Waals surface area contributed by atoms with E-state index >= 15 is 0 Å². The number of primary amides is 3. The maximum absolute atomic E-state index is 11.4. The Hall–Kier alpha value is -2.21. The van der Waals surface area contributed by atoms with Crippen molar-refractivity contribution in [3.05, 3.63) is 12.3 Å². The van der Waals surface area contributed by atoms with E-state index in [0.29, 0.717) is 64.6 Å². The van der Waals surface area contributed by atoms with Crippen molar-refractivity contribution in [1.29, 1.82) is 0 Å². The predicted molar refractivity (Wildman–Crippen MR) is 107 cm³/mol. The second-order valence-corrected chi connectivity index (χ2v) is 7.16. The summed E-state index contributed by atoms with van der Waals surface area (Å²) in [6.07, 6.45) is 0. The van der Waals surface area contributed by atoms with E-state index in [1.165, 1.54) is 0 Å². The van der Waals surface area contributed by atoms with Gasteiger partial charge in [-0.05, 0) is 0 Å². The van der Waals surface area contributed by atoms with Crippen molar-refractivity contribution in [1.82, 2.24) is 19.6 Å². The predicted octanol–water partition coefficient (Wildman–Crippen LogP) is -3.86. The molecule has 160 valence electrons. The third kappa shape index (κ3) is 10.8. The second-order valence-electron chi connectivity index (χ2n) is 7.16. The Bertz CT molecular complexity index is 445. The third-order valence-electron chi connectivity index (χ3n) is 4.49. The summed E-state index contributed by atoms with van der Waals surface area (Å²) in [5, 5.41) is 0. The summed E-state index contributed by atoms with van der Waals surface area (Å²) in [5.41, 5.74) is 22.4. The molecule has 1 heterocycles. The van der Waals surface area contributed by atoms with Crippen LogP contribution in [-0.2, 0) is 14.4 Å². The van der Waals surface area contributed by atoms with Crippen molar-refractivity contribution in [2.45, 2.75) is 0 Å². The van der Waals surface area contributed by atoms with Crippen molar-refractivity contribution in [2.75, 3.05) is 78.5 Å². The highest BCUT2D eigenvalue weighted by Gasteiger charge is 2.19. The van der Waals surface area contributed by atoms with E-state index in [9.17, 15) is 14.4 Å². The van der Waals surface area contributed by atoms with Crippen molar-refractivity contribution in [2.24, 2.45) is 22.9 Å². The zero-order valence-corrected chi connectivity index (χ0v) is 16.5. The summed E-state index contributed by atoms with van der Waals surface area (Å²) in [7, 11) is 0. The molecule has 0 aromatic carbocycles. The summed E-state index contributed by atoms with van der Waals surface area (Å²) >= 11 is 0. The summed E-state index contributed by atoms with van der Waals surface area (Å²) in [6.45, 7) is 9.39. The number of amides is 3. The van der Waals surface area contributed by atoms with Gasteiger partial charge in [-0.15, -0.1) is 0 Å². The normalized spacial score (nSPS) is 19.4. The highest BCUT2D eigenvalue weighted by Crippen LogP contribution is 2.01. The zero-order valence-electron chi connectivity index (χ0n) is 16.5. The van der Waals surface area contributed by atoms with Crippen LogP contribution in [0.3, 0.4) is 0 Å². The lowest BCUT2D eigenvalue weighted by atomic mass is 10.3. The van der Waals surface area contributed by atoms with Gasteiger partial charge in [-0.25, -0.2) is 0 Å². The number of hydrogen-bond acceptors (Lipinski definition) is 8. The summed E-state index contributed by atoms with van der Waals surface area (Å²) < 4.78 is 0. The fourth-order valence-electron chi connectivity index (χ4n) is 3.16. The first kappa shape index (κ1) is 23.8. The number of carbonyl (C=O) groups excluding carboxylic acids is 3. The summed E-state index contributed by atoms with van der Waals surface area (Å²) in [4.78, 5) is 42.1. The third-order valence-corrected chi connectivity index (χ3v) is 4.49. The number of rotatable bonds is 8. The molecule has 11 heteroatoms. The fourth-order valence-corrected chi connectivity index (χ4v) is 3.16. The molecule has 0 spiro atoms. The quantitative estimate of drug-likeness (QED) is 0.322. The zero-order chi connectivity index (χ0) is 21.1. The van der Waals surface area contributed by atoms with Crippen LogP contribution in [0.2, 0.25) is 0 Å². The van der Waals surface area contributed by atoms with Crippen molar-refractivity contribution in [3.8, 4) is 0 Å². The van der Waals surface area contributed by atoms with Crippen LogP contribution in [0, 0.1) is 0 Å². The maximum atomic E-state index is 11.4. The molecule has 0 saturated carbocycles. The Balaban J connectivity index is 2.90. The van der Waals surface area contributed by atoms with Crippen LogP contribution in [0.5, 0.6) is 0 Å². The van der Waals surface area contributed by atoms with Gasteiger partial charge in [-0.3, -0.25) is 34.0 Å². The molecule has 0 aromatic heterocycles. The molecule has 28 heavy (non-hydrogen) atoms. The molecule has 3 amide bonds. The molecule has 0 aliphatic carbocycles. The molecule has 0 atom stereocenters. The highest BCUT2D eigenvalue weighted by molar-refractivity contribution is 5.76. The van der Waals surface area contributed by atoms with Crippen molar-refractivity contribution in [3.63, 3.8) is 0 Å². The molecule has 1 rings (SSSR count). The van der Waals surface area contributed by atoms with E-state index in [-0.39, 0.29) is 19.6 Å². The average molecular weight is 399 g/mol. The summed E-state index contributed by atoms with van der Waals surface area (Å²) in [5.74, 6) is -1.24. The van der Waals surface area contributed by atoms with Crippen LogP contribution in [0.4, 0.5) is 0 Å². The Labute approximate surface area is 166 Å². The molecule has 1 aliphatic rings. The van der Waals surface area contributed by atoms with Crippen LogP contribution in [0.15, 0.2) is 12.3 Å². The molecule has 1 saturated heterocycles. The van der Waals surface area contributed by atoms with E-state index in [0.717, 1.165) is 0 Å². The van der Waals surface area contributed by atoms with Crippen LogP contribution in [0.1, 0.15) is 0 Å². The van der Waals surface area contributed by atoms with Crippen molar-refractivity contribution < 1.29 is 14.4 Å². The van der Waals surface area contributed by atoms with Crippen LogP contribution in [-0.4, -0.2) is 116 Å². The van der Waals surface area contributed by atoms with Gasteiger partial charge in [0.2, 0.25) is 17.7 Å². The van der Waals surface area contributed by atoms with Gasteiger partial charge >= 0.3 is 0 Å². The lowest BCUT2D eigenvalue weighted by molar-refractivity contribution is -0.121. The monoisotopic (exact) mass is 398 g/mol. The first-order valence-electron chi connectivity index (χ1n) is 9.33. The van der Waals surface area contributed by atoms with Crippen LogP contribution in [0.25, 0.3) is 0 Å². The van der Waals surface area contributed by atoms with E-state index in [2.05, 4.69) is 11.5 Å². The summed E-state index contributed by atoms with van der Waals surface area (Å²) in [6, 6.07) is 0. The number of nitrogens with zero attached hydrogens (tertiary/aromatic N) is 4. The van der Waals surface area contributed by atoms with Gasteiger partial charge in [0.1, 0.15) is 0 Å². The number of carbonyl (C=O) groups is 3. The average Bonchev–Trinajstić information content (AvgIpc) is 2.55. The highest BCUT2D eigenvalue weighted by atomic mass is 16.2. The molecule has 1 fully saturated rings. The molecule has 11 nitrogen and oxygen atoms in total. The van der Waals surface area contributed by atoms with Gasteiger partial charge in [0, 0.05) is 64.6 Å². The Morgan fingerprint density at radius 2 is 0.750 bits per heavy atom. The van der Waals surface area contributed by atoms with Gasteiger partial charge in [-0.1, -0.05) is 6.58 Å². The first-order valence-corrected chi connectivity index (χ1v) is 9.33. The molecule has 0 aromatic rings. The van der Waals surface area contributed by atoms with E-state index < -0.39 is 17.7 Å². The molecule has 8 N–H and O–H groups in total. The van der Waals surface area contributed by atoms with Gasteiger partial charge in [-0.2, -0.15) is 0 Å². The lowest BCUT2D eigenvalue weighted by Crippen LogP contribution is -2.50. The first-order chi connectivity index (χ1) is 13.2. The van der Waals surface area contributed by atoms with Gasteiger partial charge in [0.05, 0.1) is 19.6 Å². The molecule has 1 aliphatic heterocycles. The standard InChI is InChI=1S/C17H34N8O3/c1-14(18)10-22-2-4-23(11-15(19)26)6-8-25(13-17(21)28)9-7-24(5-3-22)12-16(20)27/h1-13,18H2,(H2,19,26)(H2,20,27)(H2,21,28). The van der Waals surface area contributed by atoms with Gasteiger partial charge in [0.15, 0.2) is 0 Å². The van der Waals surface area contributed by atoms with Crippen LogP contribution >= 0.6 is 0 Å². The second kappa shape index (κ2) is 12.3. The lowest BCUT2D eigenvalue weighted by Gasteiger charge is -2.33. The van der Waals surface area contributed by atoms with E-state index in [1.54, 1.807) is 0 Å². The van der Waals surface area contributed by atoms with E-state index in [1.807, 2.05) is 14.7 Å².